The van der Waals surface area contributed by atoms with Crippen molar-refractivity contribution in [3.05, 3.63) is 51.9 Å². The highest BCUT2D eigenvalue weighted by atomic mass is 32.1. The predicted octanol–water partition coefficient (Wildman–Crippen LogP) is 5.33. The van der Waals surface area contributed by atoms with Crippen LogP contribution in [0, 0.1) is 0 Å². The summed E-state index contributed by atoms with van der Waals surface area (Å²) in [4.78, 5) is 26.9. The zero-order valence-corrected chi connectivity index (χ0v) is 16.9. The molecule has 1 aromatic carbocycles. The Morgan fingerprint density at radius 3 is 2.56 bits per heavy atom. The van der Waals surface area contributed by atoms with Crippen molar-refractivity contribution in [2.45, 2.75) is 58.3 Å². The molecule has 5 heteroatoms. The summed E-state index contributed by atoms with van der Waals surface area (Å²) in [5, 5.41) is 3.71. The minimum absolute atomic E-state index is 0.0642. The molecule has 0 bridgehead atoms. The number of carbonyl (C=O) groups excluding carboxylic acids is 2. The number of hydrogen-bond donors (Lipinski definition) is 1. The van der Waals surface area contributed by atoms with Crippen LogP contribution in [0.15, 0.2) is 30.3 Å². The monoisotopic (exact) mass is 385 g/mol. The topological polar surface area (TPSA) is 55.4 Å². The smallest absolute Gasteiger partial charge is 0.341 e. The van der Waals surface area contributed by atoms with E-state index >= 15 is 0 Å². The molecule has 0 saturated carbocycles. The van der Waals surface area contributed by atoms with Crippen LogP contribution in [-0.4, -0.2) is 18.5 Å². The van der Waals surface area contributed by atoms with Crippen molar-refractivity contribution in [1.82, 2.24) is 0 Å². The Kier molecular flexibility index (Phi) is 6.67. The van der Waals surface area contributed by atoms with Gasteiger partial charge in [-0.05, 0) is 50.2 Å². The molecule has 0 fully saturated rings. The number of aryl methyl sites for hydroxylation is 1. The Morgan fingerprint density at radius 1 is 1.11 bits per heavy atom. The number of thiophene rings is 1. The Morgan fingerprint density at radius 2 is 1.85 bits per heavy atom. The Hall–Kier alpha value is -2.14. The molecular formula is C22H27NO3S. The average molecular weight is 386 g/mol. The van der Waals surface area contributed by atoms with E-state index in [2.05, 4.69) is 5.32 Å². The molecule has 1 amide bonds. The van der Waals surface area contributed by atoms with Gasteiger partial charge in [0.15, 0.2) is 0 Å². The quantitative estimate of drug-likeness (QED) is 0.540. The van der Waals surface area contributed by atoms with E-state index in [1.165, 1.54) is 11.3 Å². The predicted molar refractivity (Wildman–Crippen MR) is 110 cm³/mol. The van der Waals surface area contributed by atoms with Crippen LogP contribution in [0.4, 0.5) is 5.00 Å². The summed E-state index contributed by atoms with van der Waals surface area (Å²) in [6.07, 6.45) is 5.94. The van der Waals surface area contributed by atoms with Gasteiger partial charge in [0.25, 0.3) is 0 Å². The summed E-state index contributed by atoms with van der Waals surface area (Å²) in [7, 11) is 0. The maximum Gasteiger partial charge on any atom is 0.341 e. The number of benzene rings is 1. The summed E-state index contributed by atoms with van der Waals surface area (Å²) < 4.78 is 5.30. The SMILES string of the molecule is CCOC(=O)c1c(NC(=O)C(CC)c2ccccc2)sc2c1CCCCC2. The van der Waals surface area contributed by atoms with Crippen LogP contribution in [-0.2, 0) is 22.4 Å². The number of carbonyl (C=O) groups is 2. The maximum absolute atomic E-state index is 13.0. The third kappa shape index (κ3) is 4.41. The van der Waals surface area contributed by atoms with Crippen LogP contribution >= 0.6 is 11.3 Å². The number of hydrogen-bond acceptors (Lipinski definition) is 4. The molecule has 0 aliphatic heterocycles. The van der Waals surface area contributed by atoms with Crippen LogP contribution in [0.2, 0.25) is 0 Å². The van der Waals surface area contributed by atoms with Gasteiger partial charge in [-0.25, -0.2) is 4.79 Å². The molecule has 1 unspecified atom stereocenters. The lowest BCUT2D eigenvalue weighted by Crippen LogP contribution is -2.21. The van der Waals surface area contributed by atoms with Gasteiger partial charge in [-0.15, -0.1) is 11.3 Å². The number of amides is 1. The molecule has 1 aliphatic rings. The van der Waals surface area contributed by atoms with E-state index in [9.17, 15) is 9.59 Å². The van der Waals surface area contributed by atoms with Crippen LogP contribution in [0.25, 0.3) is 0 Å². The van der Waals surface area contributed by atoms with Crippen LogP contribution in [0.5, 0.6) is 0 Å². The highest BCUT2D eigenvalue weighted by Gasteiger charge is 2.28. The highest BCUT2D eigenvalue weighted by Crippen LogP contribution is 2.38. The van der Waals surface area contributed by atoms with Crippen molar-refractivity contribution < 1.29 is 14.3 Å². The zero-order chi connectivity index (χ0) is 19.2. The normalized spacial score (nSPS) is 14.7. The molecule has 2 aromatic rings. The van der Waals surface area contributed by atoms with E-state index in [1.807, 2.05) is 44.2 Å². The molecule has 3 rings (SSSR count). The fourth-order valence-electron chi connectivity index (χ4n) is 3.71. The summed E-state index contributed by atoms with van der Waals surface area (Å²) in [6.45, 7) is 4.15. The van der Waals surface area contributed by atoms with Crippen molar-refractivity contribution in [3.63, 3.8) is 0 Å². The van der Waals surface area contributed by atoms with Crippen molar-refractivity contribution >= 4 is 28.2 Å². The van der Waals surface area contributed by atoms with Crippen molar-refractivity contribution in [2.75, 3.05) is 11.9 Å². The first-order chi connectivity index (χ1) is 13.2. The van der Waals surface area contributed by atoms with Gasteiger partial charge in [-0.1, -0.05) is 43.7 Å². The largest absolute Gasteiger partial charge is 0.462 e. The van der Waals surface area contributed by atoms with Gasteiger partial charge in [-0.2, -0.15) is 0 Å². The van der Waals surface area contributed by atoms with E-state index in [0.29, 0.717) is 23.6 Å². The molecule has 0 spiro atoms. The third-order valence-electron chi connectivity index (χ3n) is 5.06. The van der Waals surface area contributed by atoms with Crippen molar-refractivity contribution in [1.29, 1.82) is 0 Å². The molecule has 144 valence electrons. The summed E-state index contributed by atoms with van der Waals surface area (Å²) in [5.41, 5.74) is 2.65. The highest BCUT2D eigenvalue weighted by molar-refractivity contribution is 7.17. The summed E-state index contributed by atoms with van der Waals surface area (Å²) in [6, 6.07) is 9.79. The molecule has 1 N–H and O–H groups in total. The first kappa shape index (κ1) is 19.6. The number of anilines is 1. The average Bonchev–Trinajstić information content (AvgIpc) is 2.84. The Bertz CT molecular complexity index is 797. The van der Waals surface area contributed by atoms with Gasteiger partial charge >= 0.3 is 5.97 Å². The second-order valence-electron chi connectivity index (χ2n) is 6.85. The van der Waals surface area contributed by atoms with Crippen LogP contribution < -0.4 is 5.32 Å². The third-order valence-corrected chi connectivity index (χ3v) is 6.27. The van der Waals surface area contributed by atoms with Crippen LogP contribution in [0.1, 0.15) is 71.8 Å². The molecule has 1 atom stereocenters. The van der Waals surface area contributed by atoms with Crippen molar-refractivity contribution in [3.8, 4) is 0 Å². The van der Waals surface area contributed by atoms with E-state index in [-0.39, 0.29) is 17.8 Å². The van der Waals surface area contributed by atoms with Crippen LogP contribution in [0.3, 0.4) is 0 Å². The second kappa shape index (κ2) is 9.18. The fourth-order valence-corrected chi connectivity index (χ4v) is 4.99. The van der Waals surface area contributed by atoms with E-state index in [4.69, 9.17) is 4.74 Å². The van der Waals surface area contributed by atoms with Gasteiger partial charge in [-0.3, -0.25) is 4.79 Å². The molecular weight excluding hydrogens is 358 g/mol. The van der Waals surface area contributed by atoms with Gasteiger partial charge in [0.1, 0.15) is 5.00 Å². The van der Waals surface area contributed by atoms with Gasteiger partial charge in [0.2, 0.25) is 5.91 Å². The molecule has 0 saturated heterocycles. The Balaban J connectivity index is 1.91. The first-order valence-corrected chi connectivity index (χ1v) is 10.6. The van der Waals surface area contributed by atoms with E-state index < -0.39 is 0 Å². The fraction of sp³-hybridized carbons (Fsp3) is 0.455. The Labute approximate surface area is 164 Å². The minimum Gasteiger partial charge on any atom is -0.462 e. The van der Waals surface area contributed by atoms with Gasteiger partial charge in [0, 0.05) is 4.88 Å². The number of ether oxygens (including phenoxy) is 1. The molecule has 0 radical (unpaired) electrons. The lowest BCUT2D eigenvalue weighted by atomic mass is 9.95. The van der Waals surface area contributed by atoms with E-state index in [1.54, 1.807) is 11.3 Å². The molecule has 27 heavy (non-hydrogen) atoms. The number of rotatable bonds is 6. The molecule has 1 heterocycles. The van der Waals surface area contributed by atoms with Gasteiger partial charge in [0.05, 0.1) is 18.1 Å². The maximum atomic E-state index is 13.0. The van der Waals surface area contributed by atoms with Crippen molar-refractivity contribution in [2.24, 2.45) is 0 Å². The lowest BCUT2D eigenvalue weighted by molar-refractivity contribution is -0.117. The molecule has 4 nitrogen and oxygen atoms in total. The molecule has 1 aliphatic carbocycles. The minimum atomic E-state index is -0.319. The van der Waals surface area contributed by atoms with Gasteiger partial charge < -0.3 is 10.1 Å². The van der Waals surface area contributed by atoms with E-state index in [0.717, 1.165) is 36.8 Å². The standard InChI is InChI=1S/C22H27NO3S/c1-3-16(15-11-7-5-8-12-15)20(24)23-21-19(22(25)26-4-2)17-13-9-6-10-14-18(17)27-21/h5,7-8,11-12,16H,3-4,6,9-10,13-14H2,1-2H3,(H,23,24). The lowest BCUT2D eigenvalue weighted by Gasteiger charge is -2.15. The number of esters is 1. The second-order valence-corrected chi connectivity index (χ2v) is 7.95. The number of nitrogens with one attached hydrogen (secondary N) is 1. The first-order valence-electron chi connectivity index (χ1n) is 9.83. The number of fused-ring (bicyclic) bond motifs is 1. The summed E-state index contributed by atoms with van der Waals surface area (Å²) in [5.74, 6) is -0.617. The zero-order valence-electron chi connectivity index (χ0n) is 16.0. The molecule has 1 aromatic heterocycles. The summed E-state index contributed by atoms with van der Waals surface area (Å²) >= 11 is 1.55.